The van der Waals surface area contributed by atoms with E-state index in [1.54, 1.807) is 25.5 Å². The predicted molar refractivity (Wildman–Crippen MR) is 37.6 cm³/mol. The van der Waals surface area contributed by atoms with Gasteiger partial charge in [-0.25, -0.2) is 4.99 Å². The van der Waals surface area contributed by atoms with Gasteiger partial charge in [0.1, 0.15) is 5.84 Å². The van der Waals surface area contributed by atoms with Gasteiger partial charge in [-0.15, -0.1) is 0 Å². The van der Waals surface area contributed by atoms with Crippen molar-refractivity contribution in [2.45, 2.75) is 6.92 Å². The third-order valence-electron chi connectivity index (χ3n) is 0.877. The molecule has 52 valence electrons. The summed E-state index contributed by atoms with van der Waals surface area (Å²) in [6.07, 6.45) is 4.86. The van der Waals surface area contributed by atoms with E-state index in [9.17, 15) is 0 Å². The van der Waals surface area contributed by atoms with E-state index in [-0.39, 0.29) is 5.84 Å². The van der Waals surface area contributed by atoms with Crippen molar-refractivity contribution in [3.8, 4) is 0 Å². The zero-order valence-corrected chi connectivity index (χ0v) is 5.63. The van der Waals surface area contributed by atoms with Crippen LogP contribution < -0.4 is 5.49 Å². The van der Waals surface area contributed by atoms with Crippen molar-refractivity contribution in [3.63, 3.8) is 0 Å². The van der Waals surface area contributed by atoms with Gasteiger partial charge >= 0.3 is 0 Å². The number of nitrogens with zero attached hydrogens (tertiary/aromatic N) is 2. The second-order valence-electron chi connectivity index (χ2n) is 1.82. The smallest absolute Gasteiger partial charge is 0.150 e. The number of amidine groups is 1. The van der Waals surface area contributed by atoms with Crippen LogP contribution in [0.15, 0.2) is 23.6 Å². The Kier molecular flexibility index (Phi) is 1.94. The molecule has 0 saturated heterocycles. The molecule has 1 aromatic heterocycles. The summed E-state index contributed by atoms with van der Waals surface area (Å²) < 4.78 is 0. The lowest BCUT2D eigenvalue weighted by atomic mass is 10.7. The van der Waals surface area contributed by atoms with E-state index in [0.29, 0.717) is 5.49 Å². The van der Waals surface area contributed by atoms with Crippen molar-refractivity contribution >= 4 is 5.84 Å². The van der Waals surface area contributed by atoms with Gasteiger partial charge in [-0.05, 0) is 6.92 Å². The molecule has 0 aliphatic heterocycles. The molecule has 0 atom stereocenters. The minimum Gasteiger partial charge on any atom is -0.344 e. The summed E-state index contributed by atoms with van der Waals surface area (Å²) >= 11 is 0. The second kappa shape index (κ2) is 2.91. The van der Waals surface area contributed by atoms with Crippen LogP contribution in [-0.2, 0) is 0 Å². The fourth-order valence-electron chi connectivity index (χ4n) is 0.558. The third kappa shape index (κ3) is 1.81. The van der Waals surface area contributed by atoms with Gasteiger partial charge in [-0.3, -0.25) is 10.4 Å². The first-order valence-electron chi connectivity index (χ1n) is 2.87. The number of nitrogens with one attached hydrogen (secondary N) is 2. The summed E-state index contributed by atoms with van der Waals surface area (Å²) in [7, 11) is 0. The van der Waals surface area contributed by atoms with Crippen LogP contribution in [0.25, 0.3) is 0 Å². The highest BCUT2D eigenvalue weighted by atomic mass is 14.9. The normalized spacial score (nSPS) is 11.5. The monoisotopic (exact) mass is 136 g/mol. The highest BCUT2D eigenvalue weighted by Crippen LogP contribution is 1.68. The molecule has 0 radical (unpaired) electrons. The van der Waals surface area contributed by atoms with Gasteiger partial charge in [0.25, 0.3) is 0 Å². The van der Waals surface area contributed by atoms with Gasteiger partial charge in [0.15, 0.2) is 5.49 Å². The molecule has 1 rings (SSSR count). The predicted octanol–water partition coefficient (Wildman–Crippen LogP) is 0.308. The molecule has 10 heavy (non-hydrogen) atoms. The molecule has 4 heteroatoms. The lowest BCUT2D eigenvalue weighted by Gasteiger charge is -1.84. The molecular formula is C6H8N4. The first-order valence-corrected chi connectivity index (χ1v) is 2.87. The number of aromatic amines is 1. The van der Waals surface area contributed by atoms with Crippen LogP contribution in [0.5, 0.6) is 0 Å². The first kappa shape index (κ1) is 6.67. The van der Waals surface area contributed by atoms with Gasteiger partial charge in [0.2, 0.25) is 0 Å². The molecule has 0 bridgehead atoms. The maximum atomic E-state index is 7.02. The Morgan fingerprint density at radius 1 is 1.80 bits per heavy atom. The minimum atomic E-state index is 0.268. The van der Waals surface area contributed by atoms with Crippen molar-refractivity contribution in [1.29, 1.82) is 5.41 Å². The Balaban J connectivity index is 3.06. The zero-order valence-electron chi connectivity index (χ0n) is 5.63. The molecule has 0 unspecified atom stereocenters. The van der Waals surface area contributed by atoms with Crippen molar-refractivity contribution in [2.75, 3.05) is 0 Å². The molecule has 2 N–H and O–H groups in total. The molecule has 0 fully saturated rings. The lowest BCUT2D eigenvalue weighted by Crippen LogP contribution is -2.08. The highest BCUT2D eigenvalue weighted by molar-refractivity contribution is 5.76. The average Bonchev–Trinajstić information content (AvgIpc) is 1.88. The molecule has 0 spiro atoms. The Bertz CT molecular complexity index is 268. The maximum Gasteiger partial charge on any atom is 0.150 e. The summed E-state index contributed by atoms with van der Waals surface area (Å²) in [4.78, 5) is 10.5. The Morgan fingerprint density at radius 3 is 3.10 bits per heavy atom. The van der Waals surface area contributed by atoms with Crippen LogP contribution in [0.4, 0.5) is 0 Å². The van der Waals surface area contributed by atoms with E-state index in [2.05, 4.69) is 15.0 Å². The maximum absolute atomic E-state index is 7.02. The van der Waals surface area contributed by atoms with Crippen LogP contribution in [0.2, 0.25) is 0 Å². The first-order chi connectivity index (χ1) is 4.79. The molecule has 1 heterocycles. The van der Waals surface area contributed by atoms with Crippen LogP contribution in [-0.4, -0.2) is 15.8 Å². The topological polar surface area (TPSA) is 64.9 Å². The van der Waals surface area contributed by atoms with Gasteiger partial charge < -0.3 is 4.98 Å². The molecule has 0 aliphatic rings. The Labute approximate surface area is 58.2 Å². The van der Waals surface area contributed by atoms with Gasteiger partial charge in [-0.1, -0.05) is 0 Å². The van der Waals surface area contributed by atoms with Crippen molar-refractivity contribution in [3.05, 3.63) is 24.1 Å². The summed E-state index contributed by atoms with van der Waals surface area (Å²) in [5.41, 5.74) is 0.606. The van der Waals surface area contributed by atoms with Crippen molar-refractivity contribution in [2.24, 2.45) is 4.99 Å². The molecular weight excluding hydrogens is 128 g/mol. The number of hydrogen-bond acceptors (Lipinski definition) is 2. The zero-order chi connectivity index (χ0) is 7.40. The largest absolute Gasteiger partial charge is 0.344 e. The fourth-order valence-corrected chi connectivity index (χ4v) is 0.558. The lowest BCUT2D eigenvalue weighted by molar-refractivity contribution is 1.08. The standard InChI is InChI=1S/C6H8N4/c1-5(7)10-6-4-8-2-3-9-6/h2-4H,1H3,(H2,7,9,10). The molecule has 1 aromatic rings. The molecule has 4 nitrogen and oxygen atoms in total. The van der Waals surface area contributed by atoms with Crippen molar-refractivity contribution < 1.29 is 0 Å². The molecule has 0 amide bonds. The van der Waals surface area contributed by atoms with Crippen molar-refractivity contribution in [1.82, 2.24) is 9.97 Å². The summed E-state index contributed by atoms with van der Waals surface area (Å²) in [5, 5.41) is 7.02. The fraction of sp³-hybridized carbons (Fsp3) is 0.167. The van der Waals surface area contributed by atoms with E-state index in [1.165, 1.54) is 0 Å². The summed E-state index contributed by atoms with van der Waals surface area (Å²) in [6, 6.07) is 0. The van der Waals surface area contributed by atoms with Crippen LogP contribution in [0.3, 0.4) is 0 Å². The van der Waals surface area contributed by atoms with Crippen LogP contribution in [0, 0.1) is 5.41 Å². The van der Waals surface area contributed by atoms with Crippen LogP contribution >= 0.6 is 0 Å². The average molecular weight is 136 g/mol. The number of rotatable bonds is 0. The second-order valence-corrected chi connectivity index (χ2v) is 1.82. The third-order valence-corrected chi connectivity index (χ3v) is 0.877. The Morgan fingerprint density at radius 2 is 2.60 bits per heavy atom. The Hall–Kier alpha value is -1.45. The summed E-state index contributed by atoms with van der Waals surface area (Å²) in [6.45, 7) is 1.61. The van der Waals surface area contributed by atoms with E-state index < -0.39 is 0 Å². The van der Waals surface area contributed by atoms with E-state index >= 15 is 0 Å². The van der Waals surface area contributed by atoms with Gasteiger partial charge in [0.05, 0.1) is 6.20 Å². The number of aromatic nitrogens is 2. The number of H-pyrrole nitrogens is 1. The highest BCUT2D eigenvalue weighted by Gasteiger charge is 1.78. The van der Waals surface area contributed by atoms with E-state index in [1.807, 2.05) is 0 Å². The minimum absolute atomic E-state index is 0.268. The van der Waals surface area contributed by atoms with Gasteiger partial charge in [0, 0.05) is 12.4 Å². The quantitative estimate of drug-likeness (QED) is 0.391. The number of hydrogen-bond donors (Lipinski definition) is 2. The molecule has 0 aliphatic carbocycles. The molecule has 0 aromatic carbocycles. The van der Waals surface area contributed by atoms with E-state index in [0.717, 1.165) is 0 Å². The molecule has 0 saturated carbocycles. The van der Waals surface area contributed by atoms with Gasteiger partial charge in [-0.2, -0.15) is 0 Å². The van der Waals surface area contributed by atoms with E-state index in [4.69, 9.17) is 5.41 Å². The summed E-state index contributed by atoms with van der Waals surface area (Å²) in [5.74, 6) is 0.268. The van der Waals surface area contributed by atoms with Crippen LogP contribution in [0.1, 0.15) is 6.92 Å². The SMILES string of the molecule is CC(=N)/N=c1/cncc[nH]1.